The Balaban J connectivity index is 2.66. The SMILES string of the molecule is Cc1ccc(-c2cc(C(N)=O)c(C)n2CC(C)C)c(C)c1. The lowest BCUT2D eigenvalue weighted by Gasteiger charge is -2.16. The first kappa shape index (κ1) is 15.4. The first-order valence-electron chi connectivity index (χ1n) is 7.38. The number of nitrogens with two attached hydrogens (primary N) is 1. The van der Waals surface area contributed by atoms with Crippen molar-refractivity contribution in [3.05, 3.63) is 46.6 Å². The van der Waals surface area contributed by atoms with Gasteiger partial charge in [-0.15, -0.1) is 0 Å². The third-order valence-electron chi connectivity index (χ3n) is 3.84. The zero-order valence-corrected chi connectivity index (χ0v) is 13.5. The van der Waals surface area contributed by atoms with Crippen LogP contribution in [0.3, 0.4) is 0 Å². The number of hydrogen-bond donors (Lipinski definition) is 1. The molecule has 0 aliphatic rings. The van der Waals surface area contributed by atoms with Gasteiger partial charge < -0.3 is 10.3 Å². The number of aryl methyl sites for hydroxylation is 2. The number of primary amides is 1. The molecule has 0 bridgehead atoms. The Morgan fingerprint density at radius 3 is 2.38 bits per heavy atom. The van der Waals surface area contributed by atoms with E-state index < -0.39 is 0 Å². The zero-order valence-electron chi connectivity index (χ0n) is 13.5. The highest BCUT2D eigenvalue weighted by Crippen LogP contribution is 2.29. The standard InChI is InChI=1S/C18H24N2O/c1-11(2)10-20-14(5)16(18(19)21)9-17(20)15-7-6-12(3)8-13(15)4/h6-9,11H,10H2,1-5H3,(H2,19,21). The number of carbonyl (C=O) groups is 1. The molecule has 0 fully saturated rings. The van der Waals surface area contributed by atoms with E-state index in [2.05, 4.69) is 50.5 Å². The molecule has 2 N–H and O–H groups in total. The number of benzene rings is 1. The van der Waals surface area contributed by atoms with E-state index in [9.17, 15) is 4.79 Å². The molecule has 0 unspecified atom stereocenters. The highest BCUT2D eigenvalue weighted by Gasteiger charge is 2.18. The molecule has 112 valence electrons. The molecule has 0 spiro atoms. The van der Waals surface area contributed by atoms with Crippen molar-refractivity contribution in [2.45, 2.75) is 41.2 Å². The zero-order chi connectivity index (χ0) is 15.7. The molecule has 0 aliphatic carbocycles. The topological polar surface area (TPSA) is 48.0 Å². The molecule has 1 heterocycles. The molecule has 3 heteroatoms. The lowest BCUT2D eigenvalue weighted by molar-refractivity contribution is 0.0999. The van der Waals surface area contributed by atoms with Crippen molar-refractivity contribution in [1.82, 2.24) is 4.57 Å². The lowest BCUT2D eigenvalue weighted by Crippen LogP contribution is -2.13. The maximum Gasteiger partial charge on any atom is 0.250 e. The van der Waals surface area contributed by atoms with Crippen LogP contribution >= 0.6 is 0 Å². The van der Waals surface area contributed by atoms with Gasteiger partial charge in [0.15, 0.2) is 0 Å². The molecule has 3 nitrogen and oxygen atoms in total. The van der Waals surface area contributed by atoms with E-state index in [1.54, 1.807) is 0 Å². The van der Waals surface area contributed by atoms with Gasteiger partial charge in [-0.3, -0.25) is 4.79 Å². The molecule has 1 aromatic carbocycles. The first-order chi connectivity index (χ1) is 9.81. The van der Waals surface area contributed by atoms with E-state index in [0.29, 0.717) is 11.5 Å². The fourth-order valence-corrected chi connectivity index (χ4v) is 2.82. The maximum absolute atomic E-state index is 11.7. The molecule has 2 aromatic rings. The summed E-state index contributed by atoms with van der Waals surface area (Å²) in [5, 5.41) is 0. The number of rotatable bonds is 4. The quantitative estimate of drug-likeness (QED) is 0.911. The van der Waals surface area contributed by atoms with Crippen molar-refractivity contribution in [1.29, 1.82) is 0 Å². The molecule has 1 amide bonds. The van der Waals surface area contributed by atoms with E-state index in [1.807, 2.05) is 13.0 Å². The van der Waals surface area contributed by atoms with Gasteiger partial charge in [0.05, 0.1) is 5.56 Å². The number of nitrogens with zero attached hydrogens (tertiary/aromatic N) is 1. The Hall–Kier alpha value is -2.03. The molecule has 1 aromatic heterocycles. The van der Waals surface area contributed by atoms with Crippen molar-refractivity contribution in [3.8, 4) is 11.3 Å². The Kier molecular flexibility index (Phi) is 4.21. The van der Waals surface area contributed by atoms with Gasteiger partial charge in [-0.05, 0) is 38.3 Å². The highest BCUT2D eigenvalue weighted by atomic mass is 16.1. The van der Waals surface area contributed by atoms with E-state index in [1.165, 1.54) is 11.1 Å². The molecule has 21 heavy (non-hydrogen) atoms. The smallest absolute Gasteiger partial charge is 0.250 e. The van der Waals surface area contributed by atoms with Crippen LogP contribution in [-0.2, 0) is 6.54 Å². The predicted molar refractivity (Wildman–Crippen MR) is 87.4 cm³/mol. The van der Waals surface area contributed by atoms with Gasteiger partial charge >= 0.3 is 0 Å². The Labute approximate surface area is 126 Å². The highest BCUT2D eigenvalue weighted by molar-refractivity contribution is 5.95. The van der Waals surface area contributed by atoms with E-state index in [4.69, 9.17) is 5.73 Å². The summed E-state index contributed by atoms with van der Waals surface area (Å²) >= 11 is 0. The second kappa shape index (κ2) is 5.76. The van der Waals surface area contributed by atoms with Crippen molar-refractivity contribution >= 4 is 5.91 Å². The summed E-state index contributed by atoms with van der Waals surface area (Å²) in [5.74, 6) is 0.141. The van der Waals surface area contributed by atoms with Crippen molar-refractivity contribution in [2.24, 2.45) is 11.7 Å². The Morgan fingerprint density at radius 2 is 1.86 bits per heavy atom. The van der Waals surface area contributed by atoms with Gasteiger partial charge in [0.25, 0.3) is 5.91 Å². The summed E-state index contributed by atoms with van der Waals surface area (Å²) in [7, 11) is 0. The molecule has 0 saturated heterocycles. The Bertz CT molecular complexity index is 681. The van der Waals surface area contributed by atoms with Gasteiger partial charge in [0.2, 0.25) is 0 Å². The average molecular weight is 284 g/mol. The molecular weight excluding hydrogens is 260 g/mol. The molecule has 0 radical (unpaired) electrons. The minimum Gasteiger partial charge on any atom is -0.366 e. The van der Waals surface area contributed by atoms with Gasteiger partial charge in [0.1, 0.15) is 0 Å². The third kappa shape index (κ3) is 3.02. The Morgan fingerprint density at radius 1 is 1.19 bits per heavy atom. The fraction of sp³-hybridized carbons (Fsp3) is 0.389. The second-order valence-corrected chi connectivity index (χ2v) is 6.22. The summed E-state index contributed by atoms with van der Waals surface area (Å²) < 4.78 is 2.21. The average Bonchev–Trinajstić information content (AvgIpc) is 2.67. The summed E-state index contributed by atoms with van der Waals surface area (Å²) in [4.78, 5) is 11.7. The summed E-state index contributed by atoms with van der Waals surface area (Å²) in [6.07, 6.45) is 0. The predicted octanol–water partition coefficient (Wildman–Crippen LogP) is 3.84. The van der Waals surface area contributed by atoms with Crippen molar-refractivity contribution < 1.29 is 4.79 Å². The number of hydrogen-bond acceptors (Lipinski definition) is 1. The molecule has 2 rings (SSSR count). The summed E-state index contributed by atoms with van der Waals surface area (Å²) in [6.45, 7) is 11.4. The minimum atomic E-state index is -0.360. The van der Waals surface area contributed by atoms with Crippen LogP contribution in [-0.4, -0.2) is 10.5 Å². The van der Waals surface area contributed by atoms with Gasteiger partial charge in [-0.1, -0.05) is 37.6 Å². The van der Waals surface area contributed by atoms with Crippen LogP contribution in [0, 0.1) is 26.7 Å². The normalized spacial score (nSPS) is 11.1. The molecule has 0 saturated carbocycles. The molecule has 0 atom stereocenters. The van der Waals surface area contributed by atoms with Crippen molar-refractivity contribution in [3.63, 3.8) is 0 Å². The van der Waals surface area contributed by atoms with Crippen LogP contribution in [0.1, 0.15) is 41.0 Å². The van der Waals surface area contributed by atoms with Crippen LogP contribution in [0.4, 0.5) is 0 Å². The van der Waals surface area contributed by atoms with Gasteiger partial charge in [0, 0.05) is 23.5 Å². The fourth-order valence-electron chi connectivity index (χ4n) is 2.82. The van der Waals surface area contributed by atoms with E-state index in [-0.39, 0.29) is 5.91 Å². The second-order valence-electron chi connectivity index (χ2n) is 6.22. The van der Waals surface area contributed by atoms with Crippen LogP contribution in [0.15, 0.2) is 24.3 Å². The summed E-state index contributed by atoms with van der Waals surface area (Å²) in [5.41, 5.74) is 11.8. The van der Waals surface area contributed by atoms with E-state index in [0.717, 1.165) is 23.5 Å². The first-order valence-corrected chi connectivity index (χ1v) is 7.38. The van der Waals surface area contributed by atoms with Crippen molar-refractivity contribution in [2.75, 3.05) is 0 Å². The van der Waals surface area contributed by atoms with Crippen LogP contribution in [0.5, 0.6) is 0 Å². The maximum atomic E-state index is 11.7. The van der Waals surface area contributed by atoms with Crippen LogP contribution in [0.25, 0.3) is 11.3 Å². The molecule has 0 aliphatic heterocycles. The van der Waals surface area contributed by atoms with E-state index >= 15 is 0 Å². The largest absolute Gasteiger partial charge is 0.366 e. The lowest BCUT2D eigenvalue weighted by atomic mass is 10.0. The van der Waals surface area contributed by atoms with Gasteiger partial charge in [-0.2, -0.15) is 0 Å². The monoisotopic (exact) mass is 284 g/mol. The van der Waals surface area contributed by atoms with Gasteiger partial charge in [-0.25, -0.2) is 0 Å². The molecular formula is C18H24N2O. The number of aromatic nitrogens is 1. The van der Waals surface area contributed by atoms with Crippen LogP contribution in [0.2, 0.25) is 0 Å². The summed E-state index contributed by atoms with van der Waals surface area (Å²) in [6, 6.07) is 8.33. The van der Waals surface area contributed by atoms with Crippen LogP contribution < -0.4 is 5.73 Å². The number of carbonyl (C=O) groups excluding carboxylic acids is 1. The number of amides is 1. The minimum absolute atomic E-state index is 0.360. The third-order valence-corrected chi connectivity index (χ3v) is 3.84.